The van der Waals surface area contributed by atoms with Crippen LogP contribution in [-0.4, -0.2) is 25.4 Å². The van der Waals surface area contributed by atoms with E-state index in [2.05, 4.69) is 52.5 Å². The van der Waals surface area contributed by atoms with Crippen LogP contribution in [0.2, 0.25) is 0 Å². The van der Waals surface area contributed by atoms with E-state index in [9.17, 15) is 10.2 Å². The van der Waals surface area contributed by atoms with Gasteiger partial charge in [0.15, 0.2) is 0 Å². The van der Waals surface area contributed by atoms with Crippen molar-refractivity contribution in [2.45, 2.75) is 32.6 Å². The van der Waals surface area contributed by atoms with Crippen molar-refractivity contribution in [3.05, 3.63) is 89.4 Å². The summed E-state index contributed by atoms with van der Waals surface area (Å²) in [5.41, 5.74) is 5.68. The van der Waals surface area contributed by atoms with Gasteiger partial charge in [0.25, 0.3) is 0 Å². The normalized spacial score (nSPS) is 18.3. The van der Waals surface area contributed by atoms with Gasteiger partial charge < -0.3 is 10.2 Å². The van der Waals surface area contributed by atoms with Crippen LogP contribution in [0, 0.1) is 6.92 Å². The quantitative estimate of drug-likeness (QED) is 0.562. The highest BCUT2D eigenvalue weighted by Crippen LogP contribution is 2.40. The largest absolute Gasteiger partial charge is 0.508 e. The minimum absolute atomic E-state index is 0.00592. The predicted molar refractivity (Wildman–Crippen MR) is 119 cm³/mol. The van der Waals surface area contributed by atoms with E-state index in [4.69, 9.17) is 0 Å². The van der Waals surface area contributed by atoms with Crippen LogP contribution in [0.4, 0.5) is 0 Å². The van der Waals surface area contributed by atoms with E-state index >= 15 is 0 Å². The van der Waals surface area contributed by atoms with Crippen molar-refractivity contribution in [3.63, 3.8) is 0 Å². The van der Waals surface area contributed by atoms with Gasteiger partial charge in [0.2, 0.25) is 0 Å². The zero-order valence-corrected chi connectivity index (χ0v) is 17.3. The molecule has 0 saturated heterocycles. The Bertz CT molecular complexity index is 1170. The molecule has 0 radical (unpaired) electrons. The third-order valence-corrected chi connectivity index (χ3v) is 5.68. The highest BCUT2D eigenvalue weighted by Gasteiger charge is 2.24. The molecule has 0 amide bonds. The number of aromatic nitrogens is 3. The molecule has 0 bridgehead atoms. The number of nitrogens with zero attached hydrogens (tertiary/aromatic N) is 2. The molecule has 1 aliphatic carbocycles. The van der Waals surface area contributed by atoms with Crippen molar-refractivity contribution >= 4 is 5.57 Å². The number of phenols is 2. The zero-order chi connectivity index (χ0) is 21.3. The Labute approximate surface area is 176 Å². The molecule has 1 aliphatic rings. The molecule has 5 heteroatoms. The van der Waals surface area contributed by atoms with Gasteiger partial charge in [-0.05, 0) is 49.1 Å². The van der Waals surface area contributed by atoms with Crippen LogP contribution < -0.4 is 0 Å². The standard InChI is InChI=1S/C25H25N3O2/c1-4-17-13-20(22(30)14-21(17)29)24-23(16(2)27-28-24)18-7-5-10-25(3,11-9-18)19-8-6-12-26-15-19/h5-15,29-30H,4H2,1-3H3,(H,27,28). The van der Waals surface area contributed by atoms with Gasteiger partial charge in [-0.25, -0.2) is 0 Å². The van der Waals surface area contributed by atoms with Gasteiger partial charge in [-0.15, -0.1) is 0 Å². The van der Waals surface area contributed by atoms with E-state index in [1.165, 1.54) is 6.07 Å². The Morgan fingerprint density at radius 3 is 2.70 bits per heavy atom. The molecule has 0 saturated carbocycles. The van der Waals surface area contributed by atoms with Crippen molar-refractivity contribution in [2.24, 2.45) is 0 Å². The lowest BCUT2D eigenvalue weighted by atomic mass is 9.83. The fraction of sp³-hybridized carbons (Fsp3) is 0.200. The maximum absolute atomic E-state index is 10.5. The maximum atomic E-state index is 10.5. The number of pyridine rings is 1. The fourth-order valence-corrected chi connectivity index (χ4v) is 3.84. The second kappa shape index (κ2) is 7.67. The van der Waals surface area contributed by atoms with Crippen molar-refractivity contribution in [3.8, 4) is 22.8 Å². The number of phenolic OH excluding ortho intramolecular Hbond substituents is 2. The number of benzene rings is 1. The second-order valence-electron chi connectivity index (χ2n) is 7.76. The Kier molecular flexibility index (Phi) is 5.04. The molecule has 0 aliphatic heterocycles. The van der Waals surface area contributed by atoms with Crippen molar-refractivity contribution in [1.82, 2.24) is 15.2 Å². The smallest absolute Gasteiger partial charge is 0.128 e. The molecule has 3 aromatic rings. The van der Waals surface area contributed by atoms with E-state index in [1.54, 1.807) is 12.3 Å². The molecule has 152 valence electrons. The molecule has 1 atom stereocenters. The van der Waals surface area contributed by atoms with Crippen LogP contribution in [0.5, 0.6) is 11.5 Å². The SMILES string of the molecule is CCc1cc(-c2n[nH]c(C)c2C2=CC=CC(C)(c3cccnc3)C=C2)c(O)cc1O. The summed E-state index contributed by atoms with van der Waals surface area (Å²) in [5.74, 6) is 0.0997. The topological polar surface area (TPSA) is 82.0 Å². The molecule has 1 aromatic carbocycles. The molecule has 2 aromatic heterocycles. The summed E-state index contributed by atoms with van der Waals surface area (Å²) >= 11 is 0. The first-order valence-electron chi connectivity index (χ1n) is 10.0. The number of aryl methyl sites for hydroxylation is 2. The molecule has 30 heavy (non-hydrogen) atoms. The lowest BCUT2D eigenvalue weighted by Crippen LogP contribution is -2.15. The molecular formula is C25H25N3O2. The summed E-state index contributed by atoms with van der Waals surface area (Å²) < 4.78 is 0. The minimum atomic E-state index is -0.277. The number of nitrogens with one attached hydrogen (secondary N) is 1. The number of aromatic amines is 1. The molecule has 1 unspecified atom stereocenters. The summed E-state index contributed by atoms with van der Waals surface area (Å²) in [6.07, 6.45) is 14.8. The first-order valence-corrected chi connectivity index (χ1v) is 10.0. The Morgan fingerprint density at radius 1 is 1.13 bits per heavy atom. The molecular weight excluding hydrogens is 374 g/mol. The Morgan fingerprint density at radius 2 is 1.97 bits per heavy atom. The van der Waals surface area contributed by atoms with Crippen LogP contribution in [0.1, 0.15) is 36.2 Å². The van der Waals surface area contributed by atoms with Crippen molar-refractivity contribution < 1.29 is 10.2 Å². The van der Waals surface area contributed by atoms with Crippen molar-refractivity contribution in [1.29, 1.82) is 0 Å². The van der Waals surface area contributed by atoms with Crippen molar-refractivity contribution in [2.75, 3.05) is 0 Å². The van der Waals surface area contributed by atoms with Gasteiger partial charge in [0.05, 0.1) is 0 Å². The highest BCUT2D eigenvalue weighted by atomic mass is 16.3. The van der Waals surface area contributed by atoms with E-state index in [0.29, 0.717) is 17.7 Å². The summed E-state index contributed by atoms with van der Waals surface area (Å²) in [4.78, 5) is 4.26. The molecule has 0 spiro atoms. The summed E-state index contributed by atoms with van der Waals surface area (Å²) in [6, 6.07) is 7.21. The number of hydrogen-bond acceptors (Lipinski definition) is 4. The first kappa shape index (κ1) is 19.7. The van der Waals surface area contributed by atoms with Crippen LogP contribution >= 0.6 is 0 Å². The monoisotopic (exact) mass is 399 g/mol. The van der Waals surface area contributed by atoms with E-state index in [1.807, 2.05) is 32.2 Å². The third-order valence-electron chi connectivity index (χ3n) is 5.68. The van der Waals surface area contributed by atoms with Gasteiger partial charge in [-0.3, -0.25) is 10.1 Å². The molecule has 3 N–H and O–H groups in total. The fourth-order valence-electron chi connectivity index (χ4n) is 3.84. The molecule has 5 nitrogen and oxygen atoms in total. The number of hydrogen-bond donors (Lipinski definition) is 3. The summed E-state index contributed by atoms with van der Waals surface area (Å²) in [7, 11) is 0. The summed E-state index contributed by atoms with van der Waals surface area (Å²) in [6.45, 7) is 6.08. The molecule has 0 fully saturated rings. The van der Waals surface area contributed by atoms with E-state index < -0.39 is 0 Å². The van der Waals surface area contributed by atoms with E-state index in [-0.39, 0.29) is 16.9 Å². The highest BCUT2D eigenvalue weighted by molar-refractivity contribution is 5.88. The number of rotatable bonds is 4. The average molecular weight is 399 g/mol. The van der Waals surface area contributed by atoms with Gasteiger partial charge in [-0.1, -0.05) is 43.4 Å². The zero-order valence-electron chi connectivity index (χ0n) is 17.3. The molecule has 4 rings (SSSR count). The summed E-state index contributed by atoms with van der Waals surface area (Å²) in [5, 5.41) is 28.1. The molecule has 2 heterocycles. The lowest BCUT2D eigenvalue weighted by molar-refractivity contribution is 0.447. The lowest BCUT2D eigenvalue weighted by Gasteiger charge is -2.21. The van der Waals surface area contributed by atoms with Gasteiger partial charge in [0.1, 0.15) is 17.2 Å². The average Bonchev–Trinajstić information content (AvgIpc) is 3.00. The van der Waals surface area contributed by atoms with E-state index in [0.717, 1.165) is 28.0 Å². The van der Waals surface area contributed by atoms with Crippen LogP contribution in [0.25, 0.3) is 16.8 Å². The number of aromatic hydroxyl groups is 2. The van der Waals surface area contributed by atoms with Gasteiger partial charge in [0, 0.05) is 40.7 Å². The number of H-pyrrole nitrogens is 1. The van der Waals surface area contributed by atoms with Crippen LogP contribution in [-0.2, 0) is 11.8 Å². The number of allylic oxidation sites excluding steroid dienone is 6. The van der Waals surface area contributed by atoms with Crippen LogP contribution in [0.15, 0.2) is 67.0 Å². The first-order chi connectivity index (χ1) is 14.4. The maximum Gasteiger partial charge on any atom is 0.128 e. The van der Waals surface area contributed by atoms with Gasteiger partial charge in [-0.2, -0.15) is 5.10 Å². The predicted octanol–water partition coefficient (Wildman–Crippen LogP) is 5.22. The third kappa shape index (κ3) is 3.43. The van der Waals surface area contributed by atoms with Gasteiger partial charge >= 0.3 is 0 Å². The Balaban J connectivity index is 1.79. The minimum Gasteiger partial charge on any atom is -0.508 e. The second-order valence-corrected chi connectivity index (χ2v) is 7.76. The Hall–Kier alpha value is -3.60. The van der Waals surface area contributed by atoms with Crippen LogP contribution in [0.3, 0.4) is 0 Å².